The zero-order valence-corrected chi connectivity index (χ0v) is 21.4. The number of likely N-dealkylation sites (tertiary alicyclic amines) is 1. The highest BCUT2D eigenvalue weighted by Gasteiger charge is 2.33. The normalized spacial score (nSPS) is 17.3. The van der Waals surface area contributed by atoms with Gasteiger partial charge in [0.05, 0.1) is 22.9 Å². The van der Waals surface area contributed by atoms with Crippen LogP contribution in [0.15, 0.2) is 18.5 Å². The predicted molar refractivity (Wildman–Crippen MR) is 133 cm³/mol. The summed E-state index contributed by atoms with van der Waals surface area (Å²) >= 11 is 6.36. The molecule has 1 saturated heterocycles. The van der Waals surface area contributed by atoms with Crippen LogP contribution >= 0.6 is 11.6 Å². The molecule has 0 unspecified atom stereocenters. The maximum Gasteiger partial charge on any atom is 0.260 e. The van der Waals surface area contributed by atoms with Crippen LogP contribution in [-0.4, -0.2) is 57.6 Å². The Morgan fingerprint density at radius 2 is 2.09 bits per heavy atom. The summed E-state index contributed by atoms with van der Waals surface area (Å²) in [6.45, 7) is 8.32. The second-order valence-corrected chi connectivity index (χ2v) is 9.60. The molecule has 10 heteroatoms. The molecule has 8 nitrogen and oxygen atoms in total. The minimum absolute atomic E-state index is 0.0962. The summed E-state index contributed by atoms with van der Waals surface area (Å²) in [5.41, 5.74) is 7.91. The molecule has 35 heavy (non-hydrogen) atoms. The zero-order chi connectivity index (χ0) is 25.4. The molecular weight excluding hydrogens is 473 g/mol. The number of carbonyl (C=O) groups excluding carboxylic acids is 1. The maximum atomic E-state index is 15.5. The van der Waals surface area contributed by atoms with E-state index in [1.807, 2.05) is 32.1 Å². The number of benzene rings is 1. The molecule has 2 N–H and O–H groups in total. The summed E-state index contributed by atoms with van der Waals surface area (Å²) < 4.78 is 28.9. The van der Waals surface area contributed by atoms with Crippen LogP contribution in [0.4, 0.5) is 10.2 Å². The lowest BCUT2D eigenvalue weighted by atomic mass is 9.95. The maximum absolute atomic E-state index is 15.5. The fourth-order valence-electron chi connectivity index (χ4n) is 4.69. The lowest BCUT2D eigenvalue weighted by Gasteiger charge is -2.33. The molecule has 1 aliphatic heterocycles. The van der Waals surface area contributed by atoms with Gasteiger partial charge in [-0.25, -0.2) is 14.4 Å². The van der Waals surface area contributed by atoms with E-state index >= 15 is 4.39 Å². The van der Waals surface area contributed by atoms with Gasteiger partial charge in [0.25, 0.3) is 5.91 Å². The Morgan fingerprint density at radius 3 is 2.77 bits per heavy atom. The van der Waals surface area contributed by atoms with Crippen molar-refractivity contribution in [2.24, 2.45) is 0 Å². The number of methoxy groups -OCH3 is 1. The number of piperidine rings is 1. The minimum Gasteiger partial charge on any atom is -0.490 e. The van der Waals surface area contributed by atoms with Crippen molar-refractivity contribution >= 4 is 28.8 Å². The van der Waals surface area contributed by atoms with Gasteiger partial charge in [-0.1, -0.05) is 18.5 Å². The average Bonchev–Trinajstić information content (AvgIpc) is 3.18. The standard InChI is InChI=1S/C25H31ClFN5O3/c1-13(2)35-22-17(14(3)24-30-15(4)21-23(28)29-8-10-32(21)24)11-18(26)20(27)19(22)25(33)31-9-6-7-16(12-31)34-5/h8,10-11,13-14,16H,6-7,9,12H2,1-5H3,(H2,28,29)/t14-,16+/m0/s1. The number of fused-ring (bicyclic) bond motifs is 1. The van der Waals surface area contributed by atoms with Gasteiger partial charge < -0.3 is 20.1 Å². The number of nitrogens with two attached hydrogens (primary N) is 1. The highest BCUT2D eigenvalue weighted by Crippen LogP contribution is 2.40. The Kier molecular flexibility index (Phi) is 7.19. The Bertz CT molecular complexity index is 1260. The fraction of sp³-hybridized carbons (Fsp3) is 0.480. The van der Waals surface area contributed by atoms with E-state index in [4.69, 9.17) is 31.8 Å². The van der Waals surface area contributed by atoms with Crippen molar-refractivity contribution in [3.05, 3.63) is 51.9 Å². The van der Waals surface area contributed by atoms with Crippen molar-refractivity contribution in [3.63, 3.8) is 0 Å². The van der Waals surface area contributed by atoms with Gasteiger partial charge in [-0.15, -0.1) is 0 Å². The molecule has 2 atom stereocenters. The van der Waals surface area contributed by atoms with Crippen molar-refractivity contribution in [2.45, 2.75) is 58.7 Å². The third kappa shape index (κ3) is 4.67. The number of halogens is 2. The summed E-state index contributed by atoms with van der Waals surface area (Å²) in [6.07, 6.45) is 4.59. The third-order valence-electron chi connectivity index (χ3n) is 6.41. The Balaban J connectivity index is 1.88. The van der Waals surface area contributed by atoms with E-state index in [-0.39, 0.29) is 28.5 Å². The number of hydrogen-bond donors (Lipinski definition) is 1. The number of carbonyl (C=O) groups is 1. The van der Waals surface area contributed by atoms with E-state index in [0.717, 1.165) is 12.8 Å². The summed E-state index contributed by atoms with van der Waals surface area (Å²) in [7, 11) is 1.62. The molecule has 4 rings (SSSR count). The lowest BCUT2D eigenvalue weighted by Crippen LogP contribution is -2.43. The molecule has 1 amide bonds. The van der Waals surface area contributed by atoms with Gasteiger partial charge in [0.2, 0.25) is 0 Å². The van der Waals surface area contributed by atoms with Crippen LogP contribution in [0.2, 0.25) is 5.02 Å². The van der Waals surface area contributed by atoms with Gasteiger partial charge in [-0.3, -0.25) is 9.20 Å². The first-order valence-electron chi connectivity index (χ1n) is 11.7. The molecule has 0 bridgehead atoms. The number of nitrogen functional groups attached to an aromatic ring is 1. The molecule has 188 valence electrons. The molecule has 3 heterocycles. The molecule has 1 aliphatic rings. The van der Waals surface area contributed by atoms with Crippen LogP contribution < -0.4 is 10.5 Å². The van der Waals surface area contributed by atoms with Gasteiger partial charge in [0.15, 0.2) is 5.82 Å². The molecule has 0 spiro atoms. The van der Waals surface area contributed by atoms with E-state index in [1.165, 1.54) is 6.07 Å². The lowest BCUT2D eigenvalue weighted by molar-refractivity contribution is 0.0263. The number of imidazole rings is 1. The van der Waals surface area contributed by atoms with Crippen LogP contribution in [0.25, 0.3) is 5.52 Å². The number of nitrogens with zero attached hydrogens (tertiary/aromatic N) is 4. The van der Waals surface area contributed by atoms with Crippen LogP contribution in [0.5, 0.6) is 5.75 Å². The molecular formula is C25H31ClFN5O3. The first kappa shape index (κ1) is 25.2. The monoisotopic (exact) mass is 503 g/mol. The van der Waals surface area contributed by atoms with Gasteiger partial charge >= 0.3 is 0 Å². The summed E-state index contributed by atoms with van der Waals surface area (Å²) in [6, 6.07) is 1.52. The second-order valence-electron chi connectivity index (χ2n) is 9.19. The number of ether oxygens (including phenoxy) is 2. The summed E-state index contributed by atoms with van der Waals surface area (Å²) in [5, 5.41) is -0.148. The van der Waals surface area contributed by atoms with E-state index in [2.05, 4.69) is 4.98 Å². The Hall–Kier alpha value is -2.91. The Labute approximate surface area is 209 Å². The summed E-state index contributed by atoms with van der Waals surface area (Å²) in [4.78, 5) is 24.1. The number of anilines is 1. The number of aryl methyl sites for hydroxylation is 1. The molecule has 2 aromatic heterocycles. The van der Waals surface area contributed by atoms with Crippen LogP contribution in [0.1, 0.15) is 67.0 Å². The first-order chi connectivity index (χ1) is 16.6. The first-order valence-corrected chi connectivity index (χ1v) is 12.1. The highest BCUT2D eigenvalue weighted by atomic mass is 35.5. The average molecular weight is 504 g/mol. The van der Waals surface area contributed by atoms with E-state index in [0.29, 0.717) is 41.5 Å². The van der Waals surface area contributed by atoms with Gasteiger partial charge in [0.1, 0.15) is 28.5 Å². The van der Waals surface area contributed by atoms with Crippen LogP contribution in [-0.2, 0) is 4.74 Å². The second kappa shape index (κ2) is 9.99. The van der Waals surface area contributed by atoms with Gasteiger partial charge in [0, 0.05) is 44.1 Å². The van der Waals surface area contributed by atoms with E-state index in [9.17, 15) is 4.79 Å². The SMILES string of the molecule is CO[C@@H]1CCCN(C(=O)c2c(F)c(Cl)cc([C@H](C)c3nc(C)c4c(N)nccn34)c2OC(C)C)C1. The van der Waals surface area contributed by atoms with Crippen molar-refractivity contribution in [2.75, 3.05) is 25.9 Å². The van der Waals surface area contributed by atoms with E-state index < -0.39 is 17.6 Å². The molecule has 0 radical (unpaired) electrons. The van der Waals surface area contributed by atoms with Gasteiger partial charge in [-0.2, -0.15) is 0 Å². The molecule has 0 aliphatic carbocycles. The molecule has 0 saturated carbocycles. The van der Waals surface area contributed by atoms with Crippen molar-refractivity contribution < 1.29 is 18.7 Å². The summed E-state index contributed by atoms with van der Waals surface area (Å²) in [5.74, 6) is -0.465. The smallest absolute Gasteiger partial charge is 0.260 e. The highest BCUT2D eigenvalue weighted by molar-refractivity contribution is 6.31. The van der Waals surface area contributed by atoms with Crippen LogP contribution in [0.3, 0.4) is 0 Å². The van der Waals surface area contributed by atoms with Crippen molar-refractivity contribution in [3.8, 4) is 5.75 Å². The number of amides is 1. The third-order valence-corrected chi connectivity index (χ3v) is 6.68. The van der Waals surface area contributed by atoms with Crippen molar-refractivity contribution in [1.29, 1.82) is 0 Å². The minimum atomic E-state index is -0.791. The molecule has 3 aromatic rings. The number of aromatic nitrogens is 3. The number of rotatable bonds is 6. The molecule has 1 aromatic carbocycles. The quantitative estimate of drug-likeness (QED) is 0.528. The number of hydrogen-bond acceptors (Lipinski definition) is 6. The zero-order valence-electron chi connectivity index (χ0n) is 20.6. The largest absolute Gasteiger partial charge is 0.490 e. The topological polar surface area (TPSA) is 95.0 Å². The predicted octanol–water partition coefficient (Wildman–Crippen LogP) is 4.60. The van der Waals surface area contributed by atoms with Crippen molar-refractivity contribution in [1.82, 2.24) is 19.3 Å². The fourth-order valence-corrected chi connectivity index (χ4v) is 4.90. The van der Waals surface area contributed by atoms with Crippen LogP contribution in [0, 0.1) is 12.7 Å². The molecule has 1 fully saturated rings. The van der Waals surface area contributed by atoms with E-state index in [1.54, 1.807) is 24.4 Å². The Morgan fingerprint density at radius 1 is 1.34 bits per heavy atom. The van der Waals surface area contributed by atoms with Gasteiger partial charge in [-0.05, 0) is 39.7 Å².